The Kier molecular flexibility index (Phi) is 1.71. The van der Waals surface area contributed by atoms with Crippen LogP contribution in [0.2, 0.25) is 0 Å². The molecule has 0 amide bonds. The highest BCUT2D eigenvalue weighted by atomic mass is 32.2. The van der Waals surface area contributed by atoms with Gasteiger partial charge in [-0.25, -0.2) is 0 Å². The van der Waals surface area contributed by atoms with Crippen LogP contribution in [0.15, 0.2) is 23.1 Å². The van der Waals surface area contributed by atoms with Crippen molar-refractivity contribution in [2.45, 2.75) is 28.9 Å². The van der Waals surface area contributed by atoms with E-state index < -0.39 is 0 Å². The molecule has 3 rings (SSSR count). The van der Waals surface area contributed by atoms with Crippen molar-refractivity contribution in [1.82, 2.24) is 0 Å². The number of nitrogens with one attached hydrogen (secondary N) is 1. The summed E-state index contributed by atoms with van der Waals surface area (Å²) >= 11 is 1.98. The van der Waals surface area contributed by atoms with Gasteiger partial charge in [0.1, 0.15) is 5.75 Å². The molecule has 1 aliphatic heterocycles. The first kappa shape index (κ1) is 8.48. The molecule has 1 aromatic rings. The molecule has 0 atom stereocenters. The predicted molar refractivity (Wildman–Crippen MR) is 59.0 cm³/mol. The molecule has 2 N–H and O–H groups in total. The van der Waals surface area contributed by atoms with Crippen molar-refractivity contribution >= 4 is 17.4 Å². The van der Waals surface area contributed by atoms with Gasteiger partial charge in [0.15, 0.2) is 0 Å². The fourth-order valence-electron chi connectivity index (χ4n) is 2.12. The molecular weight excluding hydrogens is 194 g/mol. The fourth-order valence-corrected chi connectivity index (χ4v) is 3.60. The third kappa shape index (κ3) is 1.19. The van der Waals surface area contributed by atoms with Crippen molar-refractivity contribution in [3.8, 4) is 5.75 Å². The van der Waals surface area contributed by atoms with Crippen molar-refractivity contribution in [2.24, 2.45) is 0 Å². The van der Waals surface area contributed by atoms with Gasteiger partial charge in [0.25, 0.3) is 0 Å². The zero-order valence-corrected chi connectivity index (χ0v) is 8.73. The second-order valence-electron chi connectivity index (χ2n) is 4.17. The van der Waals surface area contributed by atoms with Crippen molar-refractivity contribution in [2.75, 3.05) is 11.9 Å². The molecule has 1 spiro atoms. The predicted octanol–water partition coefficient (Wildman–Crippen LogP) is 2.83. The van der Waals surface area contributed by atoms with Crippen LogP contribution in [-0.4, -0.2) is 16.4 Å². The molecular formula is C11H13NOS. The zero-order valence-electron chi connectivity index (χ0n) is 7.92. The fraction of sp³-hybridized carbons (Fsp3) is 0.455. The maximum absolute atomic E-state index is 9.34. The normalized spacial score (nSPS) is 22.3. The van der Waals surface area contributed by atoms with Crippen molar-refractivity contribution < 1.29 is 5.11 Å². The molecule has 0 saturated heterocycles. The number of hydrogen-bond donors (Lipinski definition) is 2. The molecule has 1 aliphatic carbocycles. The maximum atomic E-state index is 9.34. The average Bonchev–Trinajstić information content (AvgIpc) is 2.15. The topological polar surface area (TPSA) is 32.3 Å². The van der Waals surface area contributed by atoms with E-state index in [1.165, 1.54) is 24.2 Å². The van der Waals surface area contributed by atoms with Gasteiger partial charge in [-0.2, -0.15) is 0 Å². The zero-order chi connectivity index (χ0) is 9.60. The van der Waals surface area contributed by atoms with E-state index in [1.54, 1.807) is 6.07 Å². The second-order valence-corrected chi connectivity index (χ2v) is 5.68. The SMILES string of the molecule is Oc1ccc2c(c1)NCC1(CCC1)S2. The summed E-state index contributed by atoms with van der Waals surface area (Å²) in [5, 5.41) is 12.8. The summed E-state index contributed by atoms with van der Waals surface area (Å²) in [6.45, 7) is 1.05. The third-order valence-electron chi connectivity index (χ3n) is 3.16. The number of anilines is 1. The highest BCUT2D eigenvalue weighted by Crippen LogP contribution is 2.52. The largest absolute Gasteiger partial charge is 0.508 e. The number of hydrogen-bond acceptors (Lipinski definition) is 3. The number of fused-ring (bicyclic) bond motifs is 1. The van der Waals surface area contributed by atoms with E-state index in [0.717, 1.165) is 12.2 Å². The average molecular weight is 207 g/mol. The Labute approximate surface area is 87.7 Å². The highest BCUT2D eigenvalue weighted by Gasteiger charge is 2.40. The van der Waals surface area contributed by atoms with E-state index in [1.807, 2.05) is 23.9 Å². The molecule has 74 valence electrons. The molecule has 0 bridgehead atoms. The Hall–Kier alpha value is -0.830. The molecule has 3 heteroatoms. The first-order valence-electron chi connectivity index (χ1n) is 5.03. The minimum Gasteiger partial charge on any atom is -0.508 e. The van der Waals surface area contributed by atoms with Crippen LogP contribution in [-0.2, 0) is 0 Å². The van der Waals surface area contributed by atoms with Crippen LogP contribution in [0.1, 0.15) is 19.3 Å². The number of phenols is 1. The second kappa shape index (κ2) is 2.83. The summed E-state index contributed by atoms with van der Waals surface area (Å²) in [5.41, 5.74) is 1.09. The lowest BCUT2D eigenvalue weighted by molar-refractivity contribution is 0.376. The summed E-state index contributed by atoms with van der Waals surface area (Å²) in [4.78, 5) is 1.29. The molecule has 1 aromatic carbocycles. The van der Waals surface area contributed by atoms with Crippen molar-refractivity contribution in [3.63, 3.8) is 0 Å². The Morgan fingerprint density at radius 3 is 2.93 bits per heavy atom. The molecule has 14 heavy (non-hydrogen) atoms. The van der Waals surface area contributed by atoms with Crippen LogP contribution in [0.5, 0.6) is 5.75 Å². The molecule has 2 aliphatic rings. The van der Waals surface area contributed by atoms with Gasteiger partial charge < -0.3 is 10.4 Å². The minimum absolute atomic E-state index is 0.349. The minimum atomic E-state index is 0.349. The van der Waals surface area contributed by atoms with E-state index in [9.17, 15) is 5.11 Å². The summed E-state index contributed by atoms with van der Waals surface area (Å²) in [5.74, 6) is 0.349. The molecule has 1 heterocycles. The summed E-state index contributed by atoms with van der Waals surface area (Å²) < 4.78 is 0.462. The standard InChI is InChI=1S/C11H13NOS/c13-8-2-3-10-9(6-8)12-7-11(14-10)4-1-5-11/h2-3,6,12-13H,1,4-5,7H2. The monoisotopic (exact) mass is 207 g/mol. The quantitative estimate of drug-likeness (QED) is 0.686. The van der Waals surface area contributed by atoms with Crippen LogP contribution >= 0.6 is 11.8 Å². The van der Waals surface area contributed by atoms with Crippen molar-refractivity contribution in [3.05, 3.63) is 18.2 Å². The van der Waals surface area contributed by atoms with Gasteiger partial charge in [0, 0.05) is 22.3 Å². The van der Waals surface area contributed by atoms with E-state index in [0.29, 0.717) is 10.5 Å². The molecule has 1 fully saturated rings. The molecule has 0 radical (unpaired) electrons. The first-order chi connectivity index (χ1) is 6.77. The van der Waals surface area contributed by atoms with Gasteiger partial charge in [-0.3, -0.25) is 0 Å². The summed E-state index contributed by atoms with van der Waals surface area (Å²) in [7, 11) is 0. The number of rotatable bonds is 0. The molecule has 0 unspecified atom stereocenters. The van der Waals surface area contributed by atoms with E-state index >= 15 is 0 Å². The van der Waals surface area contributed by atoms with Gasteiger partial charge in [0.2, 0.25) is 0 Å². The van der Waals surface area contributed by atoms with Gasteiger partial charge in [-0.05, 0) is 25.0 Å². The van der Waals surface area contributed by atoms with Gasteiger partial charge in [-0.1, -0.05) is 6.42 Å². The Morgan fingerprint density at radius 2 is 2.21 bits per heavy atom. The summed E-state index contributed by atoms with van der Waals surface area (Å²) in [6, 6.07) is 5.60. The first-order valence-corrected chi connectivity index (χ1v) is 5.85. The van der Waals surface area contributed by atoms with E-state index in [-0.39, 0.29) is 0 Å². The summed E-state index contributed by atoms with van der Waals surface area (Å²) in [6.07, 6.45) is 4.01. The lowest BCUT2D eigenvalue weighted by atomic mass is 9.84. The number of aromatic hydroxyl groups is 1. The number of phenolic OH excluding ortho intramolecular Hbond substituents is 1. The maximum Gasteiger partial charge on any atom is 0.117 e. The molecule has 0 aromatic heterocycles. The van der Waals surface area contributed by atoms with Crippen LogP contribution < -0.4 is 5.32 Å². The van der Waals surface area contributed by atoms with Crippen LogP contribution in [0.3, 0.4) is 0 Å². The van der Waals surface area contributed by atoms with E-state index in [2.05, 4.69) is 5.32 Å². The van der Waals surface area contributed by atoms with E-state index in [4.69, 9.17) is 0 Å². The lowest BCUT2D eigenvalue weighted by Crippen LogP contribution is -2.42. The van der Waals surface area contributed by atoms with Crippen molar-refractivity contribution in [1.29, 1.82) is 0 Å². The third-order valence-corrected chi connectivity index (χ3v) is 4.72. The smallest absolute Gasteiger partial charge is 0.117 e. The highest BCUT2D eigenvalue weighted by molar-refractivity contribution is 8.01. The Morgan fingerprint density at radius 1 is 1.36 bits per heavy atom. The molecule has 1 saturated carbocycles. The van der Waals surface area contributed by atoms with Gasteiger partial charge in [-0.15, -0.1) is 11.8 Å². The number of benzene rings is 1. The van der Waals surface area contributed by atoms with Gasteiger partial charge >= 0.3 is 0 Å². The van der Waals surface area contributed by atoms with Crippen LogP contribution in [0.25, 0.3) is 0 Å². The Bertz CT molecular complexity index is 374. The van der Waals surface area contributed by atoms with Crippen LogP contribution in [0, 0.1) is 0 Å². The Balaban J connectivity index is 1.94. The van der Waals surface area contributed by atoms with Gasteiger partial charge in [0.05, 0.1) is 5.69 Å². The number of thioether (sulfide) groups is 1. The van der Waals surface area contributed by atoms with Crippen LogP contribution in [0.4, 0.5) is 5.69 Å². The molecule has 2 nitrogen and oxygen atoms in total. The lowest BCUT2D eigenvalue weighted by Gasteiger charge is -2.44.